The van der Waals surface area contributed by atoms with E-state index in [2.05, 4.69) is 13.0 Å². The molecule has 0 fully saturated rings. The minimum Gasteiger partial charge on any atom is -0.493 e. The highest BCUT2D eigenvalue weighted by atomic mass is 16.5. The molecule has 0 saturated carbocycles. The molecule has 0 N–H and O–H groups in total. The molecule has 0 aromatic heterocycles. The molecular formula is C13H18O2. The van der Waals surface area contributed by atoms with Crippen LogP contribution in [0.4, 0.5) is 0 Å². The molecule has 0 bridgehead atoms. The van der Waals surface area contributed by atoms with Gasteiger partial charge in [-0.25, -0.2) is 0 Å². The van der Waals surface area contributed by atoms with Gasteiger partial charge in [-0.3, -0.25) is 0 Å². The van der Waals surface area contributed by atoms with E-state index in [-0.39, 0.29) is 0 Å². The molecule has 2 nitrogen and oxygen atoms in total. The maximum absolute atomic E-state index is 5.44. The van der Waals surface area contributed by atoms with Crippen LogP contribution in [0.1, 0.15) is 24.5 Å². The fourth-order valence-corrected chi connectivity index (χ4v) is 2.37. The number of hydrogen-bond acceptors (Lipinski definition) is 2. The first kappa shape index (κ1) is 10.3. The smallest absolute Gasteiger partial charge is 0.164 e. The van der Waals surface area contributed by atoms with E-state index in [1.165, 1.54) is 17.5 Å². The van der Waals surface area contributed by atoms with Gasteiger partial charge in [0.15, 0.2) is 11.5 Å². The van der Waals surface area contributed by atoms with E-state index < -0.39 is 0 Å². The van der Waals surface area contributed by atoms with Crippen LogP contribution in [0.3, 0.4) is 0 Å². The van der Waals surface area contributed by atoms with E-state index in [0.29, 0.717) is 0 Å². The topological polar surface area (TPSA) is 18.5 Å². The highest BCUT2D eigenvalue weighted by molar-refractivity contribution is 5.51. The monoisotopic (exact) mass is 206 g/mol. The zero-order chi connectivity index (χ0) is 10.8. The van der Waals surface area contributed by atoms with Crippen molar-refractivity contribution in [1.82, 2.24) is 0 Å². The molecule has 82 valence electrons. The average Bonchev–Trinajstić information content (AvgIpc) is 2.27. The Balaban J connectivity index is 2.46. The van der Waals surface area contributed by atoms with Gasteiger partial charge in [-0.15, -0.1) is 0 Å². The number of ether oxygens (including phenoxy) is 2. The Morgan fingerprint density at radius 2 is 2.00 bits per heavy atom. The molecule has 0 aliphatic heterocycles. The molecule has 1 unspecified atom stereocenters. The minimum absolute atomic E-state index is 0.788. The Morgan fingerprint density at radius 1 is 1.20 bits per heavy atom. The normalized spacial score (nSPS) is 19.5. The lowest BCUT2D eigenvalue weighted by atomic mass is 9.84. The van der Waals surface area contributed by atoms with Gasteiger partial charge in [0.2, 0.25) is 0 Å². The fourth-order valence-electron chi connectivity index (χ4n) is 2.37. The summed E-state index contributed by atoms with van der Waals surface area (Å²) in [4.78, 5) is 0. The van der Waals surface area contributed by atoms with E-state index in [1.807, 2.05) is 6.07 Å². The Hall–Kier alpha value is -1.18. The lowest BCUT2D eigenvalue weighted by molar-refractivity contribution is 0.347. The summed E-state index contributed by atoms with van der Waals surface area (Å²) in [6, 6.07) is 4.18. The summed E-state index contributed by atoms with van der Waals surface area (Å²) in [7, 11) is 3.41. The average molecular weight is 206 g/mol. The van der Waals surface area contributed by atoms with Gasteiger partial charge in [0.1, 0.15) is 0 Å². The molecule has 1 aliphatic carbocycles. The van der Waals surface area contributed by atoms with Crippen LogP contribution in [-0.2, 0) is 12.8 Å². The van der Waals surface area contributed by atoms with Crippen molar-refractivity contribution in [2.24, 2.45) is 5.92 Å². The first-order valence-corrected chi connectivity index (χ1v) is 5.49. The fraction of sp³-hybridized carbons (Fsp3) is 0.538. The molecule has 0 amide bonds. The Labute approximate surface area is 91.2 Å². The van der Waals surface area contributed by atoms with Crippen LogP contribution in [0.15, 0.2) is 12.1 Å². The van der Waals surface area contributed by atoms with Gasteiger partial charge in [-0.05, 0) is 36.8 Å². The molecule has 0 radical (unpaired) electrons. The summed E-state index contributed by atoms with van der Waals surface area (Å²) < 4.78 is 10.7. The van der Waals surface area contributed by atoms with Gasteiger partial charge in [-0.1, -0.05) is 13.0 Å². The van der Waals surface area contributed by atoms with Gasteiger partial charge < -0.3 is 9.47 Å². The van der Waals surface area contributed by atoms with Crippen LogP contribution in [0, 0.1) is 5.92 Å². The highest BCUT2D eigenvalue weighted by Crippen LogP contribution is 2.38. The van der Waals surface area contributed by atoms with Crippen molar-refractivity contribution in [3.63, 3.8) is 0 Å². The molecular weight excluding hydrogens is 188 g/mol. The molecule has 0 saturated heterocycles. The van der Waals surface area contributed by atoms with E-state index >= 15 is 0 Å². The maximum Gasteiger partial charge on any atom is 0.164 e. The SMILES string of the molecule is COc1ccc2c(c1OC)CCC(C)C2. The third kappa shape index (κ3) is 1.81. The van der Waals surface area contributed by atoms with Crippen molar-refractivity contribution in [3.05, 3.63) is 23.3 Å². The highest BCUT2D eigenvalue weighted by Gasteiger charge is 2.20. The second-order valence-corrected chi connectivity index (χ2v) is 4.29. The molecule has 15 heavy (non-hydrogen) atoms. The van der Waals surface area contributed by atoms with Crippen molar-refractivity contribution in [2.75, 3.05) is 14.2 Å². The van der Waals surface area contributed by atoms with E-state index in [4.69, 9.17) is 9.47 Å². The quantitative estimate of drug-likeness (QED) is 0.740. The van der Waals surface area contributed by atoms with Crippen molar-refractivity contribution >= 4 is 0 Å². The van der Waals surface area contributed by atoms with Crippen LogP contribution in [0.25, 0.3) is 0 Å². The second-order valence-electron chi connectivity index (χ2n) is 4.29. The van der Waals surface area contributed by atoms with Gasteiger partial charge in [0.05, 0.1) is 14.2 Å². The Bertz CT molecular complexity index is 358. The van der Waals surface area contributed by atoms with E-state index in [1.54, 1.807) is 14.2 Å². The predicted molar refractivity (Wildman–Crippen MR) is 60.7 cm³/mol. The molecule has 2 heteroatoms. The van der Waals surface area contributed by atoms with Gasteiger partial charge in [-0.2, -0.15) is 0 Å². The largest absolute Gasteiger partial charge is 0.493 e. The molecule has 1 aliphatic rings. The lowest BCUT2D eigenvalue weighted by Gasteiger charge is -2.24. The van der Waals surface area contributed by atoms with E-state index in [0.717, 1.165) is 30.3 Å². The molecule has 1 aromatic rings. The van der Waals surface area contributed by atoms with Crippen molar-refractivity contribution in [3.8, 4) is 11.5 Å². The number of methoxy groups -OCH3 is 2. The Kier molecular flexibility index (Phi) is 2.85. The molecule has 0 heterocycles. The van der Waals surface area contributed by atoms with Gasteiger partial charge >= 0.3 is 0 Å². The minimum atomic E-state index is 0.788. The van der Waals surface area contributed by atoms with E-state index in [9.17, 15) is 0 Å². The third-order valence-electron chi connectivity index (χ3n) is 3.20. The number of fused-ring (bicyclic) bond motifs is 1. The lowest BCUT2D eigenvalue weighted by Crippen LogP contribution is -2.12. The molecule has 1 atom stereocenters. The zero-order valence-corrected chi connectivity index (χ0v) is 9.67. The first-order valence-electron chi connectivity index (χ1n) is 5.49. The Morgan fingerprint density at radius 3 is 2.67 bits per heavy atom. The summed E-state index contributed by atoms with van der Waals surface area (Å²) in [6.45, 7) is 2.31. The maximum atomic E-state index is 5.44. The summed E-state index contributed by atoms with van der Waals surface area (Å²) in [5.41, 5.74) is 2.77. The number of rotatable bonds is 2. The van der Waals surface area contributed by atoms with Crippen LogP contribution >= 0.6 is 0 Å². The third-order valence-corrected chi connectivity index (χ3v) is 3.20. The summed E-state index contributed by atoms with van der Waals surface area (Å²) in [5, 5.41) is 0. The van der Waals surface area contributed by atoms with Crippen LogP contribution < -0.4 is 9.47 Å². The standard InChI is InChI=1S/C13H18O2/c1-9-4-6-11-10(8-9)5-7-12(14-2)13(11)15-3/h5,7,9H,4,6,8H2,1-3H3. The second kappa shape index (κ2) is 4.13. The molecule has 0 spiro atoms. The van der Waals surface area contributed by atoms with Crippen LogP contribution in [-0.4, -0.2) is 14.2 Å². The summed E-state index contributed by atoms with van der Waals surface area (Å²) >= 11 is 0. The number of hydrogen-bond donors (Lipinski definition) is 0. The van der Waals surface area contributed by atoms with Crippen molar-refractivity contribution < 1.29 is 9.47 Å². The van der Waals surface area contributed by atoms with Gasteiger partial charge in [0.25, 0.3) is 0 Å². The molecule has 2 rings (SSSR count). The van der Waals surface area contributed by atoms with Gasteiger partial charge in [0, 0.05) is 5.56 Å². The zero-order valence-electron chi connectivity index (χ0n) is 9.67. The van der Waals surface area contributed by atoms with Crippen molar-refractivity contribution in [2.45, 2.75) is 26.2 Å². The predicted octanol–water partition coefficient (Wildman–Crippen LogP) is 2.83. The first-order chi connectivity index (χ1) is 7.26. The summed E-state index contributed by atoms with van der Waals surface area (Å²) in [5.74, 6) is 2.57. The molecule has 1 aromatic carbocycles. The summed E-state index contributed by atoms with van der Waals surface area (Å²) in [6.07, 6.45) is 3.52. The number of benzene rings is 1. The van der Waals surface area contributed by atoms with Crippen LogP contribution in [0.5, 0.6) is 11.5 Å². The van der Waals surface area contributed by atoms with Crippen molar-refractivity contribution in [1.29, 1.82) is 0 Å². The van der Waals surface area contributed by atoms with Crippen LogP contribution in [0.2, 0.25) is 0 Å².